The second-order valence-corrected chi connectivity index (χ2v) is 5.84. The van der Waals surface area contributed by atoms with Gasteiger partial charge in [-0.3, -0.25) is 10.1 Å². The van der Waals surface area contributed by atoms with Crippen molar-refractivity contribution in [1.82, 2.24) is 15.0 Å². The van der Waals surface area contributed by atoms with Crippen molar-refractivity contribution < 1.29 is 4.79 Å². The molecule has 2 rings (SSSR count). The van der Waals surface area contributed by atoms with Crippen molar-refractivity contribution in [3.05, 3.63) is 27.7 Å². The highest BCUT2D eigenvalue weighted by molar-refractivity contribution is 7.12. The Balaban J connectivity index is 2.16. The van der Waals surface area contributed by atoms with E-state index in [9.17, 15) is 4.79 Å². The summed E-state index contributed by atoms with van der Waals surface area (Å²) in [6.45, 7) is 7.30. The Labute approximate surface area is 121 Å². The second-order valence-electron chi connectivity index (χ2n) is 4.53. The molecule has 1 atom stereocenters. The third-order valence-electron chi connectivity index (χ3n) is 2.57. The molecule has 0 aromatic carbocycles. The Morgan fingerprint density at radius 1 is 1.20 bits per heavy atom. The van der Waals surface area contributed by atoms with Gasteiger partial charge in [0, 0.05) is 16.7 Å². The number of thiophene rings is 1. The summed E-state index contributed by atoms with van der Waals surface area (Å²) in [6.07, 6.45) is 0. The Bertz CT molecular complexity index is 625. The minimum atomic E-state index is -0.205. The Hall–Kier alpha value is -2.02. The maximum atomic E-state index is 11.1. The van der Waals surface area contributed by atoms with Crippen LogP contribution in [0.2, 0.25) is 0 Å². The van der Waals surface area contributed by atoms with Crippen LogP contribution < -0.4 is 10.6 Å². The summed E-state index contributed by atoms with van der Waals surface area (Å²) in [7, 11) is 0. The van der Waals surface area contributed by atoms with Crippen molar-refractivity contribution in [2.24, 2.45) is 0 Å². The number of nitrogens with zero attached hydrogens (tertiary/aromatic N) is 3. The molecule has 0 radical (unpaired) electrons. The number of hydrogen-bond donors (Lipinski definition) is 2. The third kappa shape index (κ3) is 3.74. The van der Waals surface area contributed by atoms with E-state index in [1.807, 2.05) is 6.92 Å². The predicted molar refractivity (Wildman–Crippen MR) is 80.0 cm³/mol. The van der Waals surface area contributed by atoms with Crippen molar-refractivity contribution in [3.63, 3.8) is 0 Å². The highest BCUT2D eigenvalue weighted by Gasteiger charge is 2.11. The van der Waals surface area contributed by atoms with Crippen LogP contribution >= 0.6 is 11.3 Å². The van der Waals surface area contributed by atoms with Crippen LogP contribution in [-0.4, -0.2) is 20.9 Å². The monoisotopic (exact) mass is 291 g/mol. The second kappa shape index (κ2) is 5.96. The highest BCUT2D eigenvalue weighted by Crippen LogP contribution is 2.24. The lowest BCUT2D eigenvalue weighted by molar-refractivity contribution is -0.114. The molecule has 2 N–H and O–H groups in total. The molecule has 2 heterocycles. The lowest BCUT2D eigenvalue weighted by Crippen LogP contribution is -2.14. The summed E-state index contributed by atoms with van der Waals surface area (Å²) < 4.78 is 0. The van der Waals surface area contributed by atoms with Gasteiger partial charge in [0.2, 0.25) is 17.8 Å². The predicted octanol–water partition coefficient (Wildman–Crippen LogP) is 2.68. The molecule has 2 aromatic heterocycles. The van der Waals surface area contributed by atoms with E-state index < -0.39 is 0 Å². The average Bonchev–Trinajstić information content (AvgIpc) is 2.74. The summed E-state index contributed by atoms with van der Waals surface area (Å²) in [5, 5.41) is 5.79. The first kappa shape index (κ1) is 14.4. The standard InChI is InChI=1S/C13H17N5OS/c1-7-5-6-11(20-7)8(2)14-12-15-9(3)16-13(18-12)17-10(4)19/h5-6,8H,1-4H3,(H2,14,15,16,17,18,19). The average molecular weight is 291 g/mol. The summed E-state index contributed by atoms with van der Waals surface area (Å²) in [5.41, 5.74) is 0. The molecule has 0 aliphatic heterocycles. The molecule has 20 heavy (non-hydrogen) atoms. The number of aryl methyl sites for hydroxylation is 2. The molecule has 0 bridgehead atoms. The lowest BCUT2D eigenvalue weighted by Gasteiger charge is -2.13. The molecule has 106 valence electrons. The van der Waals surface area contributed by atoms with Crippen LogP contribution in [0, 0.1) is 13.8 Å². The van der Waals surface area contributed by atoms with Crippen LogP contribution in [0.4, 0.5) is 11.9 Å². The molecule has 0 saturated heterocycles. The van der Waals surface area contributed by atoms with Gasteiger partial charge >= 0.3 is 0 Å². The van der Waals surface area contributed by atoms with Gasteiger partial charge < -0.3 is 5.32 Å². The Morgan fingerprint density at radius 3 is 2.50 bits per heavy atom. The minimum Gasteiger partial charge on any atom is -0.347 e. The van der Waals surface area contributed by atoms with Crippen LogP contribution in [-0.2, 0) is 4.79 Å². The summed E-state index contributed by atoms with van der Waals surface area (Å²) in [4.78, 5) is 26.0. The molecule has 7 heteroatoms. The van der Waals surface area contributed by atoms with Crippen LogP contribution in [0.25, 0.3) is 0 Å². The number of amides is 1. The molecule has 1 unspecified atom stereocenters. The van der Waals surface area contributed by atoms with Gasteiger partial charge in [0.25, 0.3) is 0 Å². The van der Waals surface area contributed by atoms with E-state index in [1.165, 1.54) is 16.7 Å². The largest absolute Gasteiger partial charge is 0.347 e. The van der Waals surface area contributed by atoms with Crippen LogP contribution in [0.1, 0.15) is 35.5 Å². The quantitative estimate of drug-likeness (QED) is 0.905. The summed E-state index contributed by atoms with van der Waals surface area (Å²) >= 11 is 1.73. The van der Waals surface area contributed by atoms with Crippen molar-refractivity contribution in [2.75, 3.05) is 10.6 Å². The highest BCUT2D eigenvalue weighted by atomic mass is 32.1. The first-order valence-corrected chi connectivity index (χ1v) is 7.09. The molecule has 0 aliphatic rings. The summed E-state index contributed by atoms with van der Waals surface area (Å²) in [6, 6.07) is 4.26. The lowest BCUT2D eigenvalue weighted by atomic mass is 10.3. The van der Waals surface area contributed by atoms with Crippen molar-refractivity contribution in [1.29, 1.82) is 0 Å². The van der Waals surface area contributed by atoms with Crippen molar-refractivity contribution in [3.8, 4) is 0 Å². The smallest absolute Gasteiger partial charge is 0.234 e. The van der Waals surface area contributed by atoms with E-state index in [2.05, 4.69) is 44.6 Å². The maximum Gasteiger partial charge on any atom is 0.234 e. The van der Waals surface area contributed by atoms with Gasteiger partial charge in [-0.15, -0.1) is 11.3 Å². The van der Waals surface area contributed by atoms with Gasteiger partial charge in [-0.05, 0) is 32.9 Å². The van der Waals surface area contributed by atoms with Crippen LogP contribution in [0.5, 0.6) is 0 Å². The van der Waals surface area contributed by atoms with E-state index in [-0.39, 0.29) is 17.9 Å². The SMILES string of the molecule is CC(=O)Nc1nc(C)nc(NC(C)c2ccc(C)s2)n1. The van der Waals surface area contributed by atoms with Gasteiger partial charge in [-0.1, -0.05) is 0 Å². The fraction of sp³-hybridized carbons (Fsp3) is 0.385. The molecule has 0 fully saturated rings. The molecule has 0 saturated carbocycles. The van der Waals surface area contributed by atoms with Gasteiger partial charge in [-0.2, -0.15) is 15.0 Å². The molecular formula is C13H17N5OS. The third-order valence-corrected chi connectivity index (χ3v) is 3.75. The van der Waals surface area contributed by atoms with E-state index in [0.29, 0.717) is 11.8 Å². The first-order chi connectivity index (χ1) is 9.44. The van der Waals surface area contributed by atoms with Gasteiger partial charge in [0.05, 0.1) is 6.04 Å². The molecule has 2 aromatic rings. The molecule has 0 spiro atoms. The molecule has 1 amide bonds. The van der Waals surface area contributed by atoms with E-state index >= 15 is 0 Å². The zero-order chi connectivity index (χ0) is 14.7. The molecule has 6 nitrogen and oxygen atoms in total. The van der Waals surface area contributed by atoms with Gasteiger partial charge in [0.1, 0.15) is 5.82 Å². The van der Waals surface area contributed by atoms with Gasteiger partial charge in [-0.25, -0.2) is 0 Å². The Kier molecular flexibility index (Phi) is 4.29. The number of carbonyl (C=O) groups excluding carboxylic acids is 1. The molecular weight excluding hydrogens is 274 g/mol. The normalized spacial score (nSPS) is 12.0. The fourth-order valence-electron chi connectivity index (χ4n) is 1.71. The minimum absolute atomic E-state index is 0.0979. The maximum absolute atomic E-state index is 11.1. The van der Waals surface area contributed by atoms with E-state index in [4.69, 9.17) is 0 Å². The fourth-order valence-corrected chi connectivity index (χ4v) is 2.59. The van der Waals surface area contributed by atoms with E-state index in [1.54, 1.807) is 18.3 Å². The summed E-state index contributed by atoms with van der Waals surface area (Å²) in [5.74, 6) is 1.08. The molecule has 0 aliphatic carbocycles. The number of anilines is 2. The van der Waals surface area contributed by atoms with E-state index in [0.717, 1.165) is 0 Å². The number of hydrogen-bond acceptors (Lipinski definition) is 6. The first-order valence-electron chi connectivity index (χ1n) is 6.27. The van der Waals surface area contributed by atoms with Crippen LogP contribution in [0.15, 0.2) is 12.1 Å². The van der Waals surface area contributed by atoms with Crippen LogP contribution in [0.3, 0.4) is 0 Å². The number of carbonyl (C=O) groups is 1. The van der Waals surface area contributed by atoms with Crippen molar-refractivity contribution in [2.45, 2.75) is 33.7 Å². The number of rotatable bonds is 4. The zero-order valence-electron chi connectivity index (χ0n) is 11.9. The zero-order valence-corrected chi connectivity index (χ0v) is 12.7. The van der Waals surface area contributed by atoms with Gasteiger partial charge in [0.15, 0.2) is 0 Å². The number of nitrogens with one attached hydrogen (secondary N) is 2. The number of aromatic nitrogens is 3. The topological polar surface area (TPSA) is 79.8 Å². The Morgan fingerprint density at radius 2 is 1.90 bits per heavy atom. The van der Waals surface area contributed by atoms with Crippen molar-refractivity contribution >= 4 is 29.1 Å².